The topological polar surface area (TPSA) is 155 Å². The number of carbonyl (C=O) groups excluding carboxylic acids is 2. The summed E-state index contributed by atoms with van der Waals surface area (Å²) >= 11 is 0. The molecule has 0 radical (unpaired) electrons. The minimum Gasteiger partial charge on any atom is -0.506 e. The van der Waals surface area contributed by atoms with Crippen molar-refractivity contribution in [2.45, 2.75) is 56.4 Å². The molecule has 0 spiro atoms. The van der Waals surface area contributed by atoms with Gasteiger partial charge in [-0.15, -0.1) is 0 Å². The third-order valence-electron chi connectivity index (χ3n) is 12.6. The van der Waals surface area contributed by atoms with Crippen LogP contribution in [0.15, 0.2) is 138 Å². The number of aromatic hydroxyl groups is 1. The molecule has 2 aliphatic rings. The van der Waals surface area contributed by atoms with Crippen LogP contribution in [0.5, 0.6) is 5.75 Å². The van der Waals surface area contributed by atoms with E-state index in [0.717, 1.165) is 43.6 Å². The van der Waals surface area contributed by atoms with E-state index in [1.54, 1.807) is 30.3 Å². The molecule has 2 atom stereocenters. The van der Waals surface area contributed by atoms with E-state index in [1.807, 2.05) is 71.6 Å². The summed E-state index contributed by atoms with van der Waals surface area (Å²) in [5.41, 5.74) is 3.09. The average Bonchev–Trinajstić information content (AvgIpc) is 3.32. The third kappa shape index (κ3) is 9.51. The molecule has 2 saturated heterocycles. The Morgan fingerprint density at radius 2 is 1.48 bits per heavy atom. The molecule has 5 N–H and O–H groups in total. The molecule has 2 fully saturated rings. The lowest BCUT2D eigenvalue weighted by Gasteiger charge is -2.34. The summed E-state index contributed by atoms with van der Waals surface area (Å²) in [5.74, 6) is -0.484. The number of carbonyl (C=O) groups is 2. The van der Waals surface area contributed by atoms with Gasteiger partial charge in [0.15, 0.2) is 0 Å². The molecule has 1 aromatic heterocycles. The van der Waals surface area contributed by atoms with E-state index in [2.05, 4.69) is 39.5 Å². The van der Waals surface area contributed by atoms with Crippen LogP contribution < -0.4 is 10.9 Å². The Kier molecular flexibility index (Phi) is 13.3. The Hall–Kier alpha value is -6.11. The first-order chi connectivity index (χ1) is 30.2. The highest BCUT2D eigenvalue weighted by Crippen LogP contribution is 2.36. The number of hydrogen-bond acceptors (Lipinski definition) is 9. The molecule has 3 heterocycles. The molecular formula is C51H54N4O7. The molecule has 0 saturated carbocycles. The highest BCUT2D eigenvalue weighted by Gasteiger charge is 2.42. The highest BCUT2D eigenvalue weighted by atomic mass is 16.5. The summed E-state index contributed by atoms with van der Waals surface area (Å²) in [6, 6.07) is 40.6. The third-order valence-corrected chi connectivity index (χ3v) is 12.6. The number of aromatic amines is 1. The van der Waals surface area contributed by atoms with Gasteiger partial charge in [-0.05, 0) is 102 Å². The van der Waals surface area contributed by atoms with E-state index in [9.17, 15) is 29.7 Å². The maximum atomic E-state index is 14.1. The fraction of sp³-hybridized carbons (Fsp3) is 0.314. The van der Waals surface area contributed by atoms with Gasteiger partial charge in [0.05, 0.1) is 18.2 Å². The SMILES string of the molecule is O=C(c1ccccc1CNC[C@H](O)c1ccc(O)c2[nH]c(=O)ccc12)N1CCC(c2cccc([C@](O)(C(=O)OCC3CCN(Cc4ccccc4)CC3)c3ccccc3)c2)CC1. The van der Waals surface area contributed by atoms with E-state index in [-0.39, 0.29) is 47.7 Å². The fourth-order valence-corrected chi connectivity index (χ4v) is 9.02. The second kappa shape index (κ2) is 19.3. The number of phenols is 1. The number of esters is 1. The smallest absolute Gasteiger partial charge is 0.347 e. The van der Waals surface area contributed by atoms with E-state index >= 15 is 0 Å². The van der Waals surface area contributed by atoms with Crippen molar-refractivity contribution in [2.75, 3.05) is 39.3 Å². The van der Waals surface area contributed by atoms with Crippen LogP contribution in [-0.2, 0) is 28.2 Å². The quantitative estimate of drug-likeness (QED) is 0.0749. The van der Waals surface area contributed by atoms with Crippen LogP contribution in [0.1, 0.15) is 81.4 Å². The minimum absolute atomic E-state index is 0.0632. The van der Waals surface area contributed by atoms with Crippen molar-refractivity contribution >= 4 is 22.8 Å². The predicted octanol–water partition coefficient (Wildman–Crippen LogP) is 6.77. The standard InChI is InChI=1S/C51H54N4O7/c56-45-20-18-43(44-19-21-47(58)53-48(44)45)46(57)32-52-31-39-12-7-8-17-42(39)49(59)55-28-24-37(25-29-55)38-13-9-16-41(30-38)51(61,40-14-5-2-6-15-40)50(60)62-34-36-22-26-54(27-23-36)33-35-10-3-1-4-11-35/h1-21,30,36-37,46,52,56-57,61H,22-29,31-34H2,(H,53,58)/t46-,51-/m0/s1. The first-order valence-corrected chi connectivity index (χ1v) is 21.6. The maximum absolute atomic E-state index is 14.1. The van der Waals surface area contributed by atoms with Crippen molar-refractivity contribution in [1.82, 2.24) is 20.1 Å². The van der Waals surface area contributed by atoms with Crippen molar-refractivity contribution in [1.29, 1.82) is 0 Å². The molecule has 0 unspecified atom stereocenters. The number of ether oxygens (including phenoxy) is 1. The second-order valence-electron chi connectivity index (χ2n) is 16.7. The van der Waals surface area contributed by atoms with Gasteiger partial charge in [0.25, 0.3) is 5.91 Å². The number of nitrogens with one attached hydrogen (secondary N) is 2. The van der Waals surface area contributed by atoms with Crippen LogP contribution in [0.3, 0.4) is 0 Å². The summed E-state index contributed by atoms with van der Waals surface area (Å²) in [6.07, 6.45) is 2.32. The van der Waals surface area contributed by atoms with Gasteiger partial charge in [-0.3, -0.25) is 14.5 Å². The van der Waals surface area contributed by atoms with Gasteiger partial charge < -0.3 is 35.3 Å². The number of nitrogens with zero attached hydrogens (tertiary/aromatic N) is 2. The lowest BCUT2D eigenvalue weighted by atomic mass is 9.82. The van der Waals surface area contributed by atoms with Crippen molar-refractivity contribution in [3.63, 3.8) is 0 Å². The van der Waals surface area contributed by atoms with Crippen LogP contribution >= 0.6 is 0 Å². The number of hydrogen-bond donors (Lipinski definition) is 5. The number of likely N-dealkylation sites (tertiary alicyclic amines) is 2. The van der Waals surface area contributed by atoms with Gasteiger partial charge in [0, 0.05) is 49.7 Å². The molecule has 0 aliphatic carbocycles. The zero-order valence-electron chi connectivity index (χ0n) is 34.8. The number of amides is 1. The number of phenolic OH excluding ortho intramolecular Hbond substituents is 1. The first-order valence-electron chi connectivity index (χ1n) is 21.6. The maximum Gasteiger partial charge on any atom is 0.347 e. The summed E-state index contributed by atoms with van der Waals surface area (Å²) in [7, 11) is 0. The number of rotatable bonds is 14. The average molecular weight is 835 g/mol. The fourth-order valence-electron chi connectivity index (χ4n) is 9.02. The van der Waals surface area contributed by atoms with Crippen molar-refractivity contribution in [3.8, 4) is 5.75 Å². The van der Waals surface area contributed by atoms with Crippen LogP contribution in [0.2, 0.25) is 0 Å². The summed E-state index contributed by atoms with van der Waals surface area (Å²) in [5, 5.41) is 37.5. The van der Waals surface area contributed by atoms with E-state index in [0.29, 0.717) is 60.1 Å². The Morgan fingerprint density at radius 1 is 0.790 bits per heavy atom. The van der Waals surface area contributed by atoms with Crippen molar-refractivity contribution in [3.05, 3.63) is 183 Å². The molecule has 5 aromatic carbocycles. The molecule has 320 valence electrons. The second-order valence-corrected chi connectivity index (χ2v) is 16.7. The Labute approximate surface area is 361 Å². The number of pyridine rings is 1. The molecule has 62 heavy (non-hydrogen) atoms. The van der Waals surface area contributed by atoms with Gasteiger partial charge in [-0.2, -0.15) is 0 Å². The Bertz CT molecular complexity index is 2530. The Balaban J connectivity index is 0.882. The molecule has 0 bridgehead atoms. The monoisotopic (exact) mass is 834 g/mol. The lowest BCUT2D eigenvalue weighted by Crippen LogP contribution is -2.41. The number of benzene rings is 5. The van der Waals surface area contributed by atoms with Gasteiger partial charge in [-0.1, -0.05) is 109 Å². The van der Waals surface area contributed by atoms with Crippen LogP contribution in [0.25, 0.3) is 10.9 Å². The van der Waals surface area contributed by atoms with E-state index in [4.69, 9.17) is 4.74 Å². The minimum atomic E-state index is -1.99. The predicted molar refractivity (Wildman–Crippen MR) is 239 cm³/mol. The number of aromatic nitrogens is 1. The molecule has 1 amide bonds. The molecule has 2 aliphatic heterocycles. The van der Waals surface area contributed by atoms with Crippen LogP contribution in [0.4, 0.5) is 0 Å². The highest BCUT2D eigenvalue weighted by molar-refractivity contribution is 5.96. The molecule has 11 heteroatoms. The zero-order chi connectivity index (χ0) is 43.1. The molecule has 6 aromatic rings. The lowest BCUT2D eigenvalue weighted by molar-refractivity contribution is -0.164. The molecule has 11 nitrogen and oxygen atoms in total. The Morgan fingerprint density at radius 3 is 2.24 bits per heavy atom. The van der Waals surface area contributed by atoms with Gasteiger partial charge in [-0.25, -0.2) is 4.79 Å². The largest absolute Gasteiger partial charge is 0.506 e. The first kappa shape index (κ1) is 42.6. The van der Waals surface area contributed by atoms with Crippen molar-refractivity contribution in [2.24, 2.45) is 5.92 Å². The van der Waals surface area contributed by atoms with E-state index < -0.39 is 17.7 Å². The van der Waals surface area contributed by atoms with Crippen LogP contribution in [-0.4, -0.2) is 81.3 Å². The number of aliphatic hydroxyl groups is 2. The normalized spacial score (nSPS) is 16.8. The van der Waals surface area contributed by atoms with E-state index in [1.165, 1.54) is 17.7 Å². The zero-order valence-corrected chi connectivity index (χ0v) is 34.8. The number of fused-ring (bicyclic) bond motifs is 1. The van der Waals surface area contributed by atoms with Gasteiger partial charge >= 0.3 is 5.97 Å². The van der Waals surface area contributed by atoms with Crippen LogP contribution in [0, 0.1) is 5.92 Å². The summed E-state index contributed by atoms with van der Waals surface area (Å²) < 4.78 is 5.98. The van der Waals surface area contributed by atoms with Gasteiger partial charge in [0.2, 0.25) is 11.2 Å². The number of H-pyrrole nitrogens is 1. The number of piperidine rings is 2. The molecule has 8 rings (SSSR count). The number of aliphatic hydroxyl groups excluding tert-OH is 1. The molecular weight excluding hydrogens is 781 g/mol. The summed E-state index contributed by atoms with van der Waals surface area (Å²) in [6.45, 7) is 4.61. The van der Waals surface area contributed by atoms with Gasteiger partial charge in [0.1, 0.15) is 5.75 Å². The summed E-state index contributed by atoms with van der Waals surface area (Å²) in [4.78, 5) is 46.8. The van der Waals surface area contributed by atoms with Crippen molar-refractivity contribution < 1.29 is 29.6 Å².